The fourth-order valence-corrected chi connectivity index (χ4v) is 2.53. The van der Waals surface area contributed by atoms with Crippen LogP contribution in [-0.4, -0.2) is 18.4 Å². The van der Waals surface area contributed by atoms with Gasteiger partial charge in [-0.2, -0.15) is 0 Å². The Morgan fingerprint density at radius 2 is 1.85 bits per heavy atom. The molecular formula is C8H10O4P. The highest BCUT2D eigenvalue weighted by Crippen LogP contribution is 2.63. The van der Waals surface area contributed by atoms with E-state index in [1.54, 1.807) is 12.1 Å². The lowest BCUT2D eigenvalue weighted by molar-refractivity contribution is 0.216. The minimum atomic E-state index is -2.82. The number of hydrogen-bond acceptors (Lipinski definition) is 4. The van der Waals surface area contributed by atoms with E-state index in [1.807, 2.05) is 12.1 Å². The molecule has 1 N–H and O–H groups in total. The Kier molecular flexibility index (Phi) is 2.12. The molecule has 5 heteroatoms. The first kappa shape index (κ1) is 8.75. The van der Waals surface area contributed by atoms with Crippen molar-refractivity contribution < 1.29 is 18.7 Å². The zero-order valence-corrected chi connectivity index (χ0v) is 8.03. The van der Waals surface area contributed by atoms with E-state index >= 15 is 0 Å². The maximum absolute atomic E-state index is 9.75. The second-order valence-electron chi connectivity index (χ2n) is 2.68. The molecule has 1 aliphatic heterocycles. The first-order chi connectivity index (χ1) is 6.23. The van der Waals surface area contributed by atoms with E-state index in [0.29, 0.717) is 11.5 Å². The number of benzene rings is 1. The van der Waals surface area contributed by atoms with Crippen LogP contribution in [0.15, 0.2) is 24.3 Å². The quantitative estimate of drug-likeness (QED) is 0.741. The molecule has 1 aromatic rings. The molecule has 0 spiro atoms. The van der Waals surface area contributed by atoms with Crippen LogP contribution in [-0.2, 0) is 4.74 Å². The van der Waals surface area contributed by atoms with E-state index in [9.17, 15) is 4.89 Å². The van der Waals surface area contributed by atoms with Crippen molar-refractivity contribution in [1.82, 2.24) is 0 Å². The Morgan fingerprint density at radius 3 is 2.31 bits per heavy atom. The zero-order valence-electron chi connectivity index (χ0n) is 7.14. The number of methoxy groups -OCH3 is 1. The zero-order chi connectivity index (χ0) is 9.31. The van der Waals surface area contributed by atoms with Crippen molar-refractivity contribution in [3.8, 4) is 11.5 Å². The van der Waals surface area contributed by atoms with Gasteiger partial charge < -0.3 is 18.7 Å². The van der Waals surface area contributed by atoms with Gasteiger partial charge in [-0.1, -0.05) is 12.1 Å². The summed E-state index contributed by atoms with van der Waals surface area (Å²) in [7, 11) is -1.33. The molecule has 71 valence electrons. The van der Waals surface area contributed by atoms with Gasteiger partial charge in [0.25, 0.3) is 0 Å². The van der Waals surface area contributed by atoms with Crippen LogP contribution >= 0.6 is 7.94 Å². The summed E-state index contributed by atoms with van der Waals surface area (Å²) >= 11 is 0. The van der Waals surface area contributed by atoms with Crippen LogP contribution in [0.3, 0.4) is 0 Å². The molecule has 1 heterocycles. The molecule has 1 aromatic carbocycles. The highest BCUT2D eigenvalue weighted by Gasteiger charge is 2.38. The summed E-state index contributed by atoms with van der Waals surface area (Å²) in [5, 5.41) is 0. The van der Waals surface area contributed by atoms with Gasteiger partial charge in [-0.25, -0.2) is 0 Å². The van der Waals surface area contributed by atoms with Crippen molar-refractivity contribution in [1.29, 1.82) is 0 Å². The van der Waals surface area contributed by atoms with E-state index < -0.39 is 7.94 Å². The molecule has 0 unspecified atom stereocenters. The molecule has 0 aliphatic carbocycles. The van der Waals surface area contributed by atoms with Crippen LogP contribution in [0.25, 0.3) is 0 Å². The summed E-state index contributed by atoms with van der Waals surface area (Å²) < 4.78 is 15.3. The maximum Gasteiger partial charge on any atom is 0.361 e. The monoisotopic (exact) mass is 201 g/mol. The highest BCUT2D eigenvalue weighted by atomic mass is 31.2. The Labute approximate surface area is 76.6 Å². The number of fused-ring (bicyclic) bond motifs is 1. The topological polar surface area (TPSA) is 47.9 Å². The van der Waals surface area contributed by atoms with E-state index in [-0.39, 0.29) is 6.35 Å². The number of para-hydroxylation sites is 2. The van der Waals surface area contributed by atoms with Crippen molar-refractivity contribution in [2.24, 2.45) is 0 Å². The smallest absolute Gasteiger partial charge is 0.361 e. The molecule has 0 saturated carbocycles. The Balaban J connectivity index is 2.21. The number of rotatable bonds is 2. The molecule has 0 bridgehead atoms. The largest absolute Gasteiger partial charge is 0.421 e. The molecule has 0 amide bonds. The van der Waals surface area contributed by atoms with Gasteiger partial charge in [-0.15, -0.1) is 0 Å². The molecule has 1 aliphatic rings. The fraction of sp³-hybridized carbons (Fsp3) is 0.250. The van der Waals surface area contributed by atoms with Gasteiger partial charge in [-0.05, 0) is 12.1 Å². The minimum Gasteiger partial charge on any atom is -0.421 e. The summed E-state index contributed by atoms with van der Waals surface area (Å²) in [4.78, 5) is 9.75. The van der Waals surface area contributed by atoms with E-state index in [0.717, 1.165) is 0 Å². The minimum absolute atomic E-state index is 0.0850. The second-order valence-corrected chi connectivity index (χ2v) is 4.58. The van der Waals surface area contributed by atoms with Crippen LogP contribution in [0.1, 0.15) is 0 Å². The van der Waals surface area contributed by atoms with Gasteiger partial charge in [0, 0.05) is 7.11 Å². The lowest BCUT2D eigenvalue weighted by Crippen LogP contribution is -2.06. The highest BCUT2D eigenvalue weighted by molar-refractivity contribution is 7.61. The summed E-state index contributed by atoms with van der Waals surface area (Å²) in [6, 6.07) is 7.15. The molecule has 13 heavy (non-hydrogen) atoms. The molecule has 0 atom stereocenters. The summed E-state index contributed by atoms with van der Waals surface area (Å²) in [6.45, 7) is 0. The summed E-state index contributed by atoms with van der Waals surface area (Å²) in [5.41, 5.74) is 0. The lowest BCUT2D eigenvalue weighted by Gasteiger charge is -2.19. The average molecular weight is 201 g/mol. The SMILES string of the molecule is COC[P]1(O)Oc2ccccc2O1. The normalized spacial score (nSPS) is 17.4. The first-order valence-corrected chi connectivity index (χ1v) is 5.58. The van der Waals surface area contributed by atoms with E-state index in [2.05, 4.69) is 0 Å². The molecule has 1 radical (unpaired) electrons. The standard InChI is InChI=1S/C8H10O4P/c1-10-6-13(9)11-7-4-2-3-5-8(7)12-13/h2-5,9H,6H2,1H3. The van der Waals surface area contributed by atoms with Crippen LogP contribution in [0.2, 0.25) is 0 Å². The van der Waals surface area contributed by atoms with Gasteiger partial charge in [-0.3, -0.25) is 0 Å². The predicted octanol–water partition coefficient (Wildman–Crippen LogP) is 1.82. The van der Waals surface area contributed by atoms with Gasteiger partial charge >= 0.3 is 7.94 Å². The maximum atomic E-state index is 9.75. The van der Waals surface area contributed by atoms with Crippen molar-refractivity contribution in [3.63, 3.8) is 0 Å². The Hall–Kier alpha value is -0.830. The third-order valence-corrected chi connectivity index (χ3v) is 3.17. The second kappa shape index (κ2) is 3.14. The van der Waals surface area contributed by atoms with Gasteiger partial charge in [0.1, 0.15) is 0 Å². The van der Waals surface area contributed by atoms with Gasteiger partial charge in [0.2, 0.25) is 0 Å². The molecule has 0 aromatic heterocycles. The number of hydrogen-bond donors (Lipinski definition) is 1. The van der Waals surface area contributed by atoms with Crippen molar-refractivity contribution in [2.45, 2.75) is 0 Å². The summed E-state index contributed by atoms with van der Waals surface area (Å²) in [5.74, 6) is 1.16. The molecule has 2 rings (SSSR count). The van der Waals surface area contributed by atoms with Crippen LogP contribution in [0.4, 0.5) is 0 Å². The predicted molar refractivity (Wildman–Crippen MR) is 48.7 cm³/mol. The fourth-order valence-electron chi connectivity index (χ4n) is 1.14. The third-order valence-electron chi connectivity index (χ3n) is 1.62. The molecule has 0 fully saturated rings. The Morgan fingerprint density at radius 1 is 1.31 bits per heavy atom. The third kappa shape index (κ3) is 1.61. The summed E-state index contributed by atoms with van der Waals surface area (Å²) in [6.07, 6.45) is 0.0850. The van der Waals surface area contributed by atoms with Crippen molar-refractivity contribution in [3.05, 3.63) is 24.3 Å². The van der Waals surface area contributed by atoms with E-state index in [4.69, 9.17) is 13.8 Å². The van der Waals surface area contributed by atoms with Gasteiger partial charge in [0.05, 0.1) is 0 Å². The lowest BCUT2D eigenvalue weighted by atomic mass is 10.3. The van der Waals surface area contributed by atoms with Crippen LogP contribution in [0.5, 0.6) is 11.5 Å². The van der Waals surface area contributed by atoms with Crippen molar-refractivity contribution in [2.75, 3.05) is 13.5 Å². The molecule has 0 saturated heterocycles. The molecule has 4 nitrogen and oxygen atoms in total. The average Bonchev–Trinajstić information content (AvgIpc) is 2.40. The van der Waals surface area contributed by atoms with Crippen LogP contribution in [0, 0.1) is 0 Å². The Bertz CT molecular complexity index is 290. The van der Waals surface area contributed by atoms with Gasteiger partial charge in [0.15, 0.2) is 17.8 Å². The van der Waals surface area contributed by atoms with Crippen molar-refractivity contribution >= 4 is 7.94 Å². The number of ether oxygens (including phenoxy) is 1. The molecular weight excluding hydrogens is 191 g/mol. The first-order valence-electron chi connectivity index (χ1n) is 3.81. The van der Waals surface area contributed by atoms with E-state index in [1.165, 1.54) is 7.11 Å². The van der Waals surface area contributed by atoms with Crippen LogP contribution < -0.4 is 9.05 Å².